The summed E-state index contributed by atoms with van der Waals surface area (Å²) in [4.78, 5) is 13.1. The minimum Gasteiger partial charge on any atom is -0.407 e. The largest absolute Gasteiger partial charge is 0.407 e. The molecule has 8 nitrogen and oxygen atoms in total. The molecule has 0 aliphatic carbocycles. The molecular formula is C29H37N5O3Si. The number of nitrogen functional groups attached to an aromatic ring is 1. The number of fused-ring (bicyclic) bond motifs is 1. The van der Waals surface area contributed by atoms with Crippen LogP contribution in [0.5, 0.6) is 0 Å². The highest BCUT2D eigenvalue weighted by atomic mass is 28.3. The van der Waals surface area contributed by atoms with Crippen molar-refractivity contribution in [3.05, 3.63) is 73.3 Å². The van der Waals surface area contributed by atoms with Gasteiger partial charge in [0.2, 0.25) is 9.04 Å². The Morgan fingerprint density at radius 2 is 1.53 bits per heavy atom. The number of rotatable bonds is 7. The molecule has 9 heteroatoms. The Bertz CT molecular complexity index is 1320. The maximum atomic E-state index is 7.37. The summed E-state index contributed by atoms with van der Waals surface area (Å²) >= 11 is 0. The summed E-state index contributed by atoms with van der Waals surface area (Å²) in [7, 11) is -2.09. The number of hydrogen-bond donors (Lipinski definition) is 1. The van der Waals surface area contributed by atoms with Gasteiger partial charge in [-0.1, -0.05) is 81.4 Å². The van der Waals surface area contributed by atoms with E-state index in [2.05, 4.69) is 84.3 Å². The molecule has 5 rings (SSSR count). The fourth-order valence-electron chi connectivity index (χ4n) is 5.41. The molecule has 2 N–H and O–H groups in total. The second kappa shape index (κ2) is 10.2. The van der Waals surface area contributed by atoms with Crippen molar-refractivity contribution in [3.8, 4) is 0 Å². The normalized spacial score (nSPS) is 18.1. The van der Waals surface area contributed by atoms with Gasteiger partial charge in [0.25, 0.3) is 0 Å². The van der Waals surface area contributed by atoms with Gasteiger partial charge in [0.1, 0.15) is 11.8 Å². The van der Waals surface area contributed by atoms with E-state index in [-0.39, 0.29) is 11.5 Å². The van der Waals surface area contributed by atoms with Gasteiger partial charge in [-0.05, 0) is 29.6 Å². The summed E-state index contributed by atoms with van der Waals surface area (Å²) in [5.41, 5.74) is 6.63. The van der Waals surface area contributed by atoms with Crippen molar-refractivity contribution in [3.63, 3.8) is 0 Å². The zero-order valence-corrected chi connectivity index (χ0v) is 23.9. The average molecular weight is 532 g/mol. The molecule has 4 aromatic rings. The van der Waals surface area contributed by atoms with Gasteiger partial charge in [0, 0.05) is 6.54 Å². The van der Waals surface area contributed by atoms with Crippen molar-refractivity contribution in [1.29, 1.82) is 0 Å². The number of hydrogen-bond acceptors (Lipinski definition) is 7. The highest BCUT2D eigenvalue weighted by molar-refractivity contribution is 6.80. The lowest BCUT2D eigenvalue weighted by Gasteiger charge is -2.52. The Morgan fingerprint density at radius 3 is 2.08 bits per heavy atom. The first-order valence-electron chi connectivity index (χ1n) is 13.0. The van der Waals surface area contributed by atoms with Crippen molar-refractivity contribution < 1.29 is 13.9 Å². The van der Waals surface area contributed by atoms with Gasteiger partial charge in [-0.3, -0.25) is 0 Å². The van der Waals surface area contributed by atoms with Gasteiger partial charge in [-0.15, -0.1) is 0 Å². The molecule has 1 aliphatic rings. The number of benzene rings is 2. The number of imidazole rings is 1. The quantitative estimate of drug-likeness (QED) is 0.366. The van der Waals surface area contributed by atoms with E-state index in [4.69, 9.17) is 19.6 Å². The Balaban J connectivity index is 1.60. The predicted octanol–water partition coefficient (Wildman–Crippen LogP) is 3.15. The van der Waals surface area contributed by atoms with Gasteiger partial charge >= 0.3 is 0 Å². The van der Waals surface area contributed by atoms with Crippen LogP contribution in [0.25, 0.3) is 11.2 Å². The standard InChI is InChI=1S/C29H37N5O3Si/c1-27(2,3)26(37-38(21-12-8-6-9-13-21)22-14-10-7-11-15-22)29(17-35-28(4,5)36-18-29)16-34-20-33-23-24(30)31-19-32-25(23)34/h6-15,19-20,26,38H,16-18H2,1-5H3,(H2,30,31,32). The van der Waals surface area contributed by atoms with E-state index < -0.39 is 20.2 Å². The second-order valence-electron chi connectivity index (χ2n) is 11.7. The first-order valence-corrected chi connectivity index (χ1v) is 14.7. The van der Waals surface area contributed by atoms with Crippen LogP contribution in [0.15, 0.2) is 73.3 Å². The van der Waals surface area contributed by atoms with Crippen LogP contribution >= 0.6 is 0 Å². The Labute approximate surface area is 225 Å². The van der Waals surface area contributed by atoms with Crippen molar-refractivity contribution in [2.24, 2.45) is 10.8 Å². The molecule has 2 aromatic heterocycles. The fraction of sp³-hybridized carbons (Fsp3) is 0.414. The third-order valence-electron chi connectivity index (χ3n) is 7.15. The van der Waals surface area contributed by atoms with Gasteiger partial charge in [-0.25, -0.2) is 15.0 Å². The van der Waals surface area contributed by atoms with Gasteiger partial charge < -0.3 is 24.2 Å². The van der Waals surface area contributed by atoms with Crippen LogP contribution in [0, 0.1) is 10.8 Å². The van der Waals surface area contributed by atoms with Gasteiger partial charge in [0.05, 0.1) is 31.1 Å². The molecule has 3 heterocycles. The second-order valence-corrected chi connectivity index (χ2v) is 14.1. The number of ether oxygens (including phenoxy) is 2. The molecule has 1 saturated heterocycles. The van der Waals surface area contributed by atoms with E-state index in [1.807, 2.05) is 30.5 Å². The van der Waals surface area contributed by atoms with E-state index in [0.29, 0.717) is 36.7 Å². The molecule has 2 aromatic carbocycles. The maximum Gasteiger partial charge on any atom is 0.240 e. The molecule has 1 fully saturated rings. The van der Waals surface area contributed by atoms with Crippen LogP contribution in [-0.4, -0.2) is 53.7 Å². The number of aromatic nitrogens is 4. The third-order valence-corrected chi connectivity index (χ3v) is 9.67. The summed E-state index contributed by atoms with van der Waals surface area (Å²) in [5.74, 6) is -0.310. The molecule has 1 aliphatic heterocycles. The Kier molecular flexibility index (Phi) is 7.12. The zero-order valence-electron chi connectivity index (χ0n) is 22.8. The van der Waals surface area contributed by atoms with Crippen LogP contribution in [0.4, 0.5) is 5.82 Å². The van der Waals surface area contributed by atoms with Crippen LogP contribution in [-0.2, 0) is 20.4 Å². The number of nitrogens with zero attached hydrogens (tertiary/aromatic N) is 4. The molecule has 1 unspecified atom stereocenters. The minimum atomic E-state index is -2.09. The lowest BCUT2D eigenvalue weighted by Crippen LogP contribution is -2.62. The zero-order chi connectivity index (χ0) is 27.0. The molecule has 38 heavy (non-hydrogen) atoms. The van der Waals surface area contributed by atoms with E-state index in [0.717, 1.165) is 0 Å². The molecule has 0 saturated carbocycles. The van der Waals surface area contributed by atoms with Gasteiger partial charge in [-0.2, -0.15) is 0 Å². The molecule has 200 valence electrons. The van der Waals surface area contributed by atoms with Crippen LogP contribution < -0.4 is 16.1 Å². The molecular weight excluding hydrogens is 494 g/mol. The Morgan fingerprint density at radius 1 is 0.947 bits per heavy atom. The summed E-state index contributed by atoms with van der Waals surface area (Å²) in [6.45, 7) is 12.1. The predicted molar refractivity (Wildman–Crippen MR) is 152 cm³/mol. The molecule has 0 amide bonds. The average Bonchev–Trinajstić information content (AvgIpc) is 3.30. The molecule has 1 atom stereocenters. The fourth-order valence-corrected chi connectivity index (χ4v) is 8.22. The molecule has 0 spiro atoms. The lowest BCUT2D eigenvalue weighted by atomic mass is 9.70. The first-order chi connectivity index (χ1) is 18.1. The third kappa shape index (κ3) is 5.37. The topological polar surface area (TPSA) is 97.3 Å². The van der Waals surface area contributed by atoms with Crippen molar-refractivity contribution >= 4 is 36.4 Å². The Hall–Kier alpha value is -3.11. The van der Waals surface area contributed by atoms with Gasteiger partial charge in [0.15, 0.2) is 17.3 Å². The van der Waals surface area contributed by atoms with Crippen LogP contribution in [0.1, 0.15) is 34.6 Å². The molecule has 0 bridgehead atoms. The smallest absolute Gasteiger partial charge is 0.240 e. The maximum absolute atomic E-state index is 7.37. The SMILES string of the molecule is CC1(C)OCC(Cn2cnc3c(N)ncnc32)(C(O[SiH](c2ccccc2)c2ccccc2)C(C)(C)C)CO1. The van der Waals surface area contributed by atoms with Crippen LogP contribution in [0.2, 0.25) is 0 Å². The van der Waals surface area contributed by atoms with E-state index in [1.54, 1.807) is 6.33 Å². The summed E-state index contributed by atoms with van der Waals surface area (Å²) in [6, 6.07) is 21.1. The summed E-state index contributed by atoms with van der Waals surface area (Å²) in [5, 5.41) is 2.46. The van der Waals surface area contributed by atoms with Crippen LogP contribution in [0.3, 0.4) is 0 Å². The first kappa shape index (κ1) is 26.5. The van der Waals surface area contributed by atoms with Crippen molar-refractivity contribution in [1.82, 2.24) is 19.5 Å². The number of nitrogens with two attached hydrogens (primary N) is 1. The lowest BCUT2D eigenvalue weighted by molar-refractivity contribution is -0.306. The van der Waals surface area contributed by atoms with E-state index in [1.165, 1.54) is 16.7 Å². The minimum absolute atomic E-state index is 0.209. The monoisotopic (exact) mass is 531 g/mol. The summed E-state index contributed by atoms with van der Waals surface area (Å²) < 4.78 is 22.1. The van der Waals surface area contributed by atoms with Crippen molar-refractivity contribution in [2.45, 2.75) is 53.1 Å². The highest BCUT2D eigenvalue weighted by Crippen LogP contribution is 2.43. The summed E-state index contributed by atoms with van der Waals surface area (Å²) in [6.07, 6.45) is 3.05. The van der Waals surface area contributed by atoms with Crippen molar-refractivity contribution in [2.75, 3.05) is 18.9 Å². The molecule has 0 radical (unpaired) electrons. The van der Waals surface area contributed by atoms with E-state index >= 15 is 0 Å². The van der Waals surface area contributed by atoms with E-state index in [9.17, 15) is 0 Å². The highest BCUT2D eigenvalue weighted by Gasteiger charge is 2.52. The number of anilines is 1.